The van der Waals surface area contributed by atoms with E-state index in [4.69, 9.17) is 0 Å². The number of nitrogens with one attached hydrogen (secondary N) is 3. The summed E-state index contributed by atoms with van der Waals surface area (Å²) in [5.74, 6) is -1.22. The van der Waals surface area contributed by atoms with Crippen LogP contribution in [-0.4, -0.2) is 31.9 Å². The largest absolute Gasteiger partial charge is 0.339 e. The van der Waals surface area contributed by atoms with Crippen molar-refractivity contribution in [3.63, 3.8) is 0 Å². The van der Waals surface area contributed by atoms with E-state index in [9.17, 15) is 14.0 Å². The van der Waals surface area contributed by atoms with Crippen LogP contribution in [0.25, 0.3) is 22.3 Å². The zero-order valence-corrected chi connectivity index (χ0v) is 16.1. The number of aromatic amines is 2. The van der Waals surface area contributed by atoms with Gasteiger partial charge in [0.1, 0.15) is 11.5 Å². The van der Waals surface area contributed by atoms with E-state index in [2.05, 4.69) is 25.5 Å². The van der Waals surface area contributed by atoms with Gasteiger partial charge >= 0.3 is 0 Å². The van der Waals surface area contributed by atoms with Crippen molar-refractivity contribution >= 4 is 28.4 Å². The van der Waals surface area contributed by atoms with Crippen molar-refractivity contribution in [1.29, 1.82) is 0 Å². The van der Waals surface area contributed by atoms with Gasteiger partial charge in [-0.15, -0.1) is 0 Å². The number of hydrogen-bond donors (Lipinski definition) is 3. The summed E-state index contributed by atoms with van der Waals surface area (Å²) in [6, 6.07) is 8.04. The van der Waals surface area contributed by atoms with Crippen LogP contribution in [0.15, 0.2) is 36.5 Å². The minimum atomic E-state index is -0.570. The Morgan fingerprint density at radius 3 is 2.59 bits per heavy atom. The predicted molar refractivity (Wildman–Crippen MR) is 108 cm³/mol. The van der Waals surface area contributed by atoms with Gasteiger partial charge < -0.3 is 10.3 Å². The number of amides is 1. The Bertz CT molecular complexity index is 1270. The molecule has 0 aliphatic rings. The van der Waals surface area contributed by atoms with Crippen molar-refractivity contribution in [1.82, 2.24) is 20.2 Å². The van der Waals surface area contributed by atoms with Crippen molar-refractivity contribution in [2.45, 2.75) is 20.8 Å². The van der Waals surface area contributed by atoms with E-state index in [0.29, 0.717) is 28.3 Å². The fourth-order valence-corrected chi connectivity index (χ4v) is 3.10. The second-order valence-electron chi connectivity index (χ2n) is 6.87. The summed E-state index contributed by atoms with van der Waals surface area (Å²) in [5, 5.41) is 10.3. The number of pyridine rings is 1. The lowest BCUT2D eigenvalue weighted by atomic mass is 10.1. The summed E-state index contributed by atoms with van der Waals surface area (Å²) in [7, 11) is 0. The SMILES string of the molecule is CC(=O)c1ccc(-c2cc3cc(NC(=O)c4n[nH]c(C)c4C)cnc3[nH]2)cc1F. The monoisotopic (exact) mass is 391 g/mol. The van der Waals surface area contributed by atoms with Gasteiger partial charge in [-0.2, -0.15) is 5.10 Å². The number of aromatic nitrogens is 4. The van der Waals surface area contributed by atoms with Crippen LogP contribution in [0.5, 0.6) is 0 Å². The third kappa shape index (κ3) is 3.40. The first-order chi connectivity index (χ1) is 13.8. The van der Waals surface area contributed by atoms with Crippen LogP contribution >= 0.6 is 0 Å². The number of hydrogen-bond acceptors (Lipinski definition) is 4. The summed E-state index contributed by atoms with van der Waals surface area (Å²) in [6.07, 6.45) is 1.54. The van der Waals surface area contributed by atoms with E-state index in [1.54, 1.807) is 12.1 Å². The molecule has 3 N–H and O–H groups in total. The molecule has 0 spiro atoms. The van der Waals surface area contributed by atoms with Gasteiger partial charge in [-0.05, 0) is 45.0 Å². The van der Waals surface area contributed by atoms with Gasteiger partial charge in [-0.1, -0.05) is 6.07 Å². The van der Waals surface area contributed by atoms with E-state index in [-0.39, 0.29) is 17.3 Å². The number of H-pyrrole nitrogens is 2. The van der Waals surface area contributed by atoms with E-state index in [1.165, 1.54) is 25.3 Å². The van der Waals surface area contributed by atoms with Crippen LogP contribution in [0, 0.1) is 19.7 Å². The smallest absolute Gasteiger partial charge is 0.276 e. The van der Waals surface area contributed by atoms with E-state index in [1.807, 2.05) is 19.9 Å². The second kappa shape index (κ2) is 6.97. The summed E-state index contributed by atoms with van der Waals surface area (Å²) >= 11 is 0. The Morgan fingerprint density at radius 1 is 1.14 bits per heavy atom. The van der Waals surface area contributed by atoms with Gasteiger partial charge in [0.15, 0.2) is 11.5 Å². The molecule has 0 saturated carbocycles. The van der Waals surface area contributed by atoms with Crippen LogP contribution in [0.4, 0.5) is 10.1 Å². The third-order valence-electron chi connectivity index (χ3n) is 4.86. The maximum absolute atomic E-state index is 14.1. The average Bonchev–Trinajstić information content (AvgIpc) is 3.24. The summed E-state index contributed by atoms with van der Waals surface area (Å²) < 4.78 is 14.1. The minimum Gasteiger partial charge on any atom is -0.339 e. The summed E-state index contributed by atoms with van der Waals surface area (Å²) in [5.41, 5.74) is 4.38. The molecule has 0 bridgehead atoms. The first-order valence-corrected chi connectivity index (χ1v) is 8.96. The molecule has 4 aromatic rings. The molecule has 29 heavy (non-hydrogen) atoms. The number of nitrogens with zero attached hydrogens (tertiary/aromatic N) is 2. The molecule has 0 unspecified atom stereocenters. The molecular formula is C21H18FN5O2. The molecule has 3 heterocycles. The molecule has 0 aliphatic heterocycles. The number of fused-ring (bicyclic) bond motifs is 1. The lowest BCUT2D eigenvalue weighted by molar-refractivity contribution is 0.100. The van der Waals surface area contributed by atoms with Crippen molar-refractivity contribution in [2.75, 3.05) is 5.32 Å². The maximum Gasteiger partial charge on any atom is 0.276 e. The lowest BCUT2D eigenvalue weighted by Gasteiger charge is -2.03. The number of benzene rings is 1. The number of Topliss-reactive ketones (excluding diaryl/α,β-unsaturated/α-hetero) is 1. The minimum absolute atomic E-state index is 0.0527. The van der Waals surface area contributed by atoms with Crippen LogP contribution < -0.4 is 5.32 Å². The zero-order chi connectivity index (χ0) is 20.7. The highest BCUT2D eigenvalue weighted by Crippen LogP contribution is 2.26. The van der Waals surface area contributed by atoms with Gasteiger partial charge in [-0.3, -0.25) is 14.7 Å². The number of ketones is 1. The highest BCUT2D eigenvalue weighted by Gasteiger charge is 2.15. The highest BCUT2D eigenvalue weighted by atomic mass is 19.1. The Balaban J connectivity index is 1.63. The van der Waals surface area contributed by atoms with Gasteiger partial charge in [0.25, 0.3) is 5.91 Å². The fraction of sp³-hybridized carbons (Fsp3) is 0.143. The molecule has 8 heteroatoms. The molecule has 146 valence electrons. The summed E-state index contributed by atoms with van der Waals surface area (Å²) in [6.45, 7) is 5.00. The zero-order valence-electron chi connectivity index (χ0n) is 16.1. The Kier molecular flexibility index (Phi) is 4.46. The van der Waals surface area contributed by atoms with Crippen molar-refractivity contribution in [2.24, 2.45) is 0 Å². The van der Waals surface area contributed by atoms with E-state index in [0.717, 1.165) is 16.6 Å². The van der Waals surface area contributed by atoms with Gasteiger partial charge in [-0.25, -0.2) is 9.37 Å². The molecule has 0 radical (unpaired) electrons. The molecule has 1 amide bonds. The number of anilines is 1. The maximum atomic E-state index is 14.1. The number of halogens is 1. The number of aryl methyl sites for hydroxylation is 1. The molecule has 0 fully saturated rings. The van der Waals surface area contributed by atoms with Gasteiger partial charge in [0.05, 0.1) is 17.4 Å². The predicted octanol–water partition coefficient (Wildman–Crippen LogP) is 4.16. The van der Waals surface area contributed by atoms with E-state index >= 15 is 0 Å². The molecule has 7 nitrogen and oxygen atoms in total. The third-order valence-corrected chi connectivity index (χ3v) is 4.86. The van der Waals surface area contributed by atoms with Gasteiger partial charge in [0, 0.05) is 27.9 Å². The van der Waals surface area contributed by atoms with Crippen LogP contribution in [-0.2, 0) is 0 Å². The van der Waals surface area contributed by atoms with Crippen LogP contribution in [0.3, 0.4) is 0 Å². The van der Waals surface area contributed by atoms with Crippen molar-refractivity contribution in [3.8, 4) is 11.3 Å². The fourth-order valence-electron chi connectivity index (χ4n) is 3.10. The first kappa shape index (κ1) is 18.5. The molecule has 0 saturated heterocycles. The highest BCUT2D eigenvalue weighted by molar-refractivity contribution is 6.04. The molecule has 1 aromatic carbocycles. The van der Waals surface area contributed by atoms with Crippen LogP contribution in [0.1, 0.15) is 39.0 Å². The normalized spacial score (nSPS) is 11.0. The second-order valence-corrected chi connectivity index (χ2v) is 6.87. The molecule has 3 aromatic heterocycles. The summed E-state index contributed by atoms with van der Waals surface area (Å²) in [4.78, 5) is 31.3. The van der Waals surface area contributed by atoms with Crippen molar-refractivity contribution in [3.05, 3.63) is 64.9 Å². The Morgan fingerprint density at radius 2 is 1.93 bits per heavy atom. The Hall–Kier alpha value is -3.81. The number of carbonyl (C=O) groups excluding carboxylic acids is 2. The quantitative estimate of drug-likeness (QED) is 0.454. The van der Waals surface area contributed by atoms with Crippen LogP contribution in [0.2, 0.25) is 0 Å². The van der Waals surface area contributed by atoms with Crippen molar-refractivity contribution < 1.29 is 14.0 Å². The standard InChI is InChI=1S/C21H18FN5O2/c1-10-11(2)26-27-19(10)21(29)24-15-6-14-8-18(25-20(14)23-9-15)13-4-5-16(12(3)28)17(22)7-13/h4-9H,1-3H3,(H,23,25)(H,24,29)(H,26,27). The number of rotatable bonds is 4. The average molecular weight is 391 g/mol. The topological polar surface area (TPSA) is 104 Å². The lowest BCUT2D eigenvalue weighted by Crippen LogP contribution is -2.13. The number of carbonyl (C=O) groups is 2. The molecule has 0 atom stereocenters. The first-order valence-electron chi connectivity index (χ1n) is 8.96. The molecule has 0 aliphatic carbocycles. The molecule has 4 rings (SSSR count). The van der Waals surface area contributed by atoms with Gasteiger partial charge in [0.2, 0.25) is 0 Å². The molecular weight excluding hydrogens is 373 g/mol. The Labute approximate surface area is 165 Å². The van der Waals surface area contributed by atoms with E-state index < -0.39 is 5.82 Å².